The number of nitrogens with one attached hydrogen (secondary N) is 1. The largest absolute Gasteiger partial charge is 0.459 e. The Hall–Kier alpha value is -1.68. The molecule has 150 valence electrons. The van der Waals surface area contributed by atoms with E-state index in [1.54, 1.807) is 12.1 Å². The molecular weight excluding hydrogens is 356 g/mol. The summed E-state index contributed by atoms with van der Waals surface area (Å²) in [7, 11) is -1.92. The van der Waals surface area contributed by atoms with Crippen LogP contribution in [0.5, 0.6) is 0 Å². The van der Waals surface area contributed by atoms with E-state index in [9.17, 15) is 4.79 Å². The molecule has 0 aliphatic heterocycles. The van der Waals surface area contributed by atoms with Crippen LogP contribution in [0.15, 0.2) is 24.3 Å². The minimum absolute atomic E-state index is 0.100. The highest BCUT2D eigenvalue weighted by Gasteiger charge is 2.37. The van der Waals surface area contributed by atoms with Gasteiger partial charge in [-0.2, -0.15) is 5.26 Å². The summed E-state index contributed by atoms with van der Waals surface area (Å²) in [5.41, 5.74) is 1.08. The number of nitriles is 1. The highest BCUT2D eigenvalue weighted by atomic mass is 28.4. The second-order valence-electron chi connectivity index (χ2n) is 9.33. The molecule has 27 heavy (non-hydrogen) atoms. The molecule has 5 nitrogen and oxygen atoms in total. The first-order valence-electron chi connectivity index (χ1n) is 9.34. The molecule has 1 aromatic carbocycles. The molecule has 0 heterocycles. The fourth-order valence-electron chi connectivity index (χ4n) is 2.16. The summed E-state index contributed by atoms with van der Waals surface area (Å²) < 4.78 is 11.7. The van der Waals surface area contributed by atoms with E-state index in [-0.39, 0.29) is 23.6 Å². The van der Waals surface area contributed by atoms with Crippen LogP contribution < -0.4 is 5.32 Å². The zero-order valence-electron chi connectivity index (χ0n) is 18.0. The van der Waals surface area contributed by atoms with Crippen molar-refractivity contribution >= 4 is 14.3 Å². The van der Waals surface area contributed by atoms with Gasteiger partial charge in [-0.15, -0.1) is 0 Å². The van der Waals surface area contributed by atoms with Crippen LogP contribution in [0.3, 0.4) is 0 Å². The molecule has 0 saturated heterocycles. The van der Waals surface area contributed by atoms with Crippen LogP contribution in [-0.2, 0) is 14.0 Å². The first kappa shape index (κ1) is 23.4. The van der Waals surface area contributed by atoms with Crippen molar-refractivity contribution in [3.8, 4) is 6.07 Å². The van der Waals surface area contributed by atoms with Gasteiger partial charge in [0, 0.05) is 0 Å². The maximum Gasteiger partial charge on any atom is 0.320 e. The van der Waals surface area contributed by atoms with Crippen molar-refractivity contribution in [2.45, 2.75) is 71.3 Å². The second kappa shape index (κ2) is 9.00. The van der Waals surface area contributed by atoms with Crippen molar-refractivity contribution in [2.24, 2.45) is 0 Å². The summed E-state index contributed by atoms with van der Waals surface area (Å²) in [6.45, 7) is 17.1. The molecule has 0 aliphatic carbocycles. The minimum atomic E-state index is -1.92. The molecule has 0 saturated carbocycles. The summed E-state index contributed by atoms with van der Waals surface area (Å²) in [6.07, 6.45) is 0. The molecule has 0 amide bonds. The van der Waals surface area contributed by atoms with Gasteiger partial charge in [-0.3, -0.25) is 10.1 Å². The molecule has 6 heteroatoms. The molecule has 0 unspecified atom stereocenters. The Morgan fingerprint density at radius 1 is 1.15 bits per heavy atom. The van der Waals surface area contributed by atoms with Gasteiger partial charge >= 0.3 is 5.97 Å². The number of nitrogens with zero attached hydrogens (tertiary/aromatic N) is 1. The summed E-state index contributed by atoms with van der Waals surface area (Å²) in [6, 6.07) is 9.34. The molecule has 1 atom stereocenters. The lowest BCUT2D eigenvalue weighted by molar-refractivity contribution is -0.153. The highest BCUT2D eigenvalue weighted by molar-refractivity contribution is 6.74. The predicted molar refractivity (Wildman–Crippen MR) is 111 cm³/mol. The van der Waals surface area contributed by atoms with Crippen molar-refractivity contribution < 1.29 is 14.0 Å². The third-order valence-corrected chi connectivity index (χ3v) is 9.27. The fraction of sp³-hybridized carbons (Fsp3) is 0.619. The van der Waals surface area contributed by atoms with Crippen molar-refractivity contribution in [3.05, 3.63) is 35.4 Å². The van der Waals surface area contributed by atoms with Crippen LogP contribution in [0.2, 0.25) is 18.1 Å². The lowest BCUT2D eigenvalue weighted by atomic mass is 10.1. The van der Waals surface area contributed by atoms with E-state index in [1.807, 2.05) is 32.9 Å². The SMILES string of the molecule is CC(C)(C)OC(=O)CN[C@@H](CO[Si](C)(C)C(C)(C)C)c1ccc(C#N)cc1. The van der Waals surface area contributed by atoms with Crippen molar-refractivity contribution in [1.29, 1.82) is 5.26 Å². The third kappa shape index (κ3) is 7.83. The lowest BCUT2D eigenvalue weighted by Crippen LogP contribution is -2.43. The van der Waals surface area contributed by atoms with Gasteiger partial charge in [0.2, 0.25) is 0 Å². The average molecular weight is 391 g/mol. The Balaban J connectivity index is 2.89. The average Bonchev–Trinajstić information content (AvgIpc) is 2.52. The van der Waals surface area contributed by atoms with Gasteiger partial charge in [-0.05, 0) is 56.6 Å². The number of ether oxygens (including phenoxy) is 1. The van der Waals surface area contributed by atoms with Crippen LogP contribution in [0.1, 0.15) is 58.7 Å². The normalized spacial score (nSPS) is 13.7. The zero-order chi connectivity index (χ0) is 20.9. The second-order valence-corrected chi connectivity index (χ2v) is 14.1. The van der Waals surface area contributed by atoms with Crippen molar-refractivity contribution in [2.75, 3.05) is 13.2 Å². The van der Waals surface area contributed by atoms with Crippen LogP contribution in [0, 0.1) is 11.3 Å². The highest BCUT2D eigenvalue weighted by Crippen LogP contribution is 2.37. The van der Waals surface area contributed by atoms with Crippen LogP contribution in [0.25, 0.3) is 0 Å². The number of hydrogen-bond acceptors (Lipinski definition) is 5. The Morgan fingerprint density at radius 2 is 1.70 bits per heavy atom. The van der Waals surface area contributed by atoms with Crippen molar-refractivity contribution in [3.63, 3.8) is 0 Å². The molecule has 0 fully saturated rings. The van der Waals surface area contributed by atoms with E-state index in [0.717, 1.165) is 5.56 Å². The zero-order valence-corrected chi connectivity index (χ0v) is 19.0. The van der Waals surface area contributed by atoms with Gasteiger partial charge in [0.15, 0.2) is 8.32 Å². The fourth-order valence-corrected chi connectivity index (χ4v) is 3.17. The monoisotopic (exact) mass is 390 g/mol. The Morgan fingerprint density at radius 3 is 2.15 bits per heavy atom. The van der Waals surface area contributed by atoms with E-state index in [2.05, 4.69) is 45.3 Å². The van der Waals surface area contributed by atoms with Gasteiger partial charge in [-0.25, -0.2) is 0 Å². The summed E-state index contributed by atoms with van der Waals surface area (Å²) in [5.74, 6) is -0.298. The lowest BCUT2D eigenvalue weighted by Gasteiger charge is -2.37. The number of esters is 1. The predicted octanol–water partition coefficient (Wildman–Crippen LogP) is 4.55. The minimum Gasteiger partial charge on any atom is -0.459 e. The first-order valence-corrected chi connectivity index (χ1v) is 12.3. The van der Waals surface area contributed by atoms with E-state index in [4.69, 9.17) is 14.4 Å². The first-order chi connectivity index (χ1) is 12.2. The quantitative estimate of drug-likeness (QED) is 0.546. The molecule has 0 aromatic heterocycles. The standard InChI is InChI=1S/C21H34N2O3Si/c1-20(2,3)26-19(24)14-23-18(15-25-27(7,8)21(4,5)6)17-11-9-16(13-22)10-12-17/h9-12,18,23H,14-15H2,1-8H3/t18-/m0/s1. The number of rotatable bonds is 7. The Kier molecular flexibility index (Phi) is 7.79. The molecule has 0 bridgehead atoms. The van der Waals surface area contributed by atoms with Gasteiger partial charge in [-0.1, -0.05) is 32.9 Å². The maximum atomic E-state index is 12.1. The van der Waals surface area contributed by atoms with Gasteiger partial charge < -0.3 is 9.16 Å². The van der Waals surface area contributed by atoms with Gasteiger partial charge in [0.25, 0.3) is 0 Å². The molecule has 0 radical (unpaired) electrons. The van der Waals surface area contributed by atoms with Crippen LogP contribution in [-0.4, -0.2) is 33.0 Å². The van der Waals surface area contributed by atoms with E-state index in [0.29, 0.717) is 12.2 Å². The molecule has 1 N–H and O–H groups in total. The van der Waals surface area contributed by atoms with Gasteiger partial charge in [0.05, 0.1) is 30.8 Å². The number of hydrogen-bond donors (Lipinski definition) is 1. The van der Waals surface area contributed by atoms with Crippen LogP contribution >= 0.6 is 0 Å². The maximum absolute atomic E-state index is 12.1. The topological polar surface area (TPSA) is 71.3 Å². The van der Waals surface area contributed by atoms with E-state index < -0.39 is 13.9 Å². The van der Waals surface area contributed by atoms with Crippen LogP contribution in [0.4, 0.5) is 0 Å². The molecule has 0 aliphatic rings. The summed E-state index contributed by atoms with van der Waals surface area (Å²) >= 11 is 0. The third-order valence-electron chi connectivity index (χ3n) is 4.77. The number of benzene rings is 1. The Labute approximate surface area is 165 Å². The molecular formula is C21H34N2O3Si. The Bertz CT molecular complexity index is 665. The molecule has 1 aromatic rings. The van der Waals surface area contributed by atoms with E-state index >= 15 is 0 Å². The number of carbonyl (C=O) groups excluding carboxylic acids is 1. The summed E-state index contributed by atoms with van der Waals surface area (Å²) in [5, 5.41) is 12.4. The molecule has 0 spiro atoms. The summed E-state index contributed by atoms with van der Waals surface area (Å²) in [4.78, 5) is 12.1. The van der Waals surface area contributed by atoms with Gasteiger partial charge in [0.1, 0.15) is 5.60 Å². The van der Waals surface area contributed by atoms with E-state index in [1.165, 1.54) is 0 Å². The molecule has 1 rings (SSSR count). The number of carbonyl (C=O) groups is 1. The smallest absolute Gasteiger partial charge is 0.320 e. The van der Waals surface area contributed by atoms with Crippen molar-refractivity contribution in [1.82, 2.24) is 5.32 Å².